The zero-order valence-corrected chi connectivity index (χ0v) is 6.28. The molecule has 0 aliphatic heterocycles. The Kier molecular flexibility index (Phi) is 2.06. The van der Waals surface area contributed by atoms with E-state index in [4.69, 9.17) is 0 Å². The van der Waals surface area contributed by atoms with Crippen LogP contribution in [0, 0.1) is 6.92 Å². The lowest BCUT2D eigenvalue weighted by Crippen LogP contribution is -2.07. The lowest BCUT2D eigenvalue weighted by Gasteiger charge is -2.06. The summed E-state index contributed by atoms with van der Waals surface area (Å²) in [4.78, 5) is 0. The van der Waals surface area contributed by atoms with Crippen molar-refractivity contribution in [3.05, 3.63) is 18.0 Å². The van der Waals surface area contributed by atoms with Crippen molar-refractivity contribution in [1.82, 2.24) is 9.78 Å². The van der Waals surface area contributed by atoms with E-state index in [9.17, 15) is 5.11 Å². The van der Waals surface area contributed by atoms with Gasteiger partial charge in [-0.1, -0.05) is 6.92 Å². The smallest absolute Gasteiger partial charge is 0.146 e. The Bertz CT molecular complexity index is 207. The normalized spacial score (nSPS) is 13.5. The van der Waals surface area contributed by atoms with Crippen molar-refractivity contribution in [3.8, 4) is 0 Å². The van der Waals surface area contributed by atoms with Gasteiger partial charge in [-0.05, 0) is 19.4 Å². The molecular weight excluding hydrogens is 128 g/mol. The summed E-state index contributed by atoms with van der Waals surface area (Å²) in [6, 6.07) is 1.87. The van der Waals surface area contributed by atoms with Crippen LogP contribution in [0.3, 0.4) is 0 Å². The van der Waals surface area contributed by atoms with Crippen molar-refractivity contribution in [3.63, 3.8) is 0 Å². The molecule has 0 aromatic carbocycles. The Morgan fingerprint density at radius 2 is 2.50 bits per heavy atom. The van der Waals surface area contributed by atoms with Crippen LogP contribution in [0.25, 0.3) is 0 Å². The molecule has 0 saturated carbocycles. The standard InChI is InChI=1S/C7H12N2O/c1-3-7(10)9-5-4-6(2)8-9/h4-5,7,10H,3H2,1-2H3. The molecule has 0 saturated heterocycles. The van der Waals surface area contributed by atoms with Gasteiger partial charge in [0.2, 0.25) is 0 Å². The molecule has 0 aliphatic carbocycles. The predicted molar refractivity (Wildman–Crippen MR) is 38.5 cm³/mol. The van der Waals surface area contributed by atoms with E-state index in [1.165, 1.54) is 0 Å². The first-order valence-electron chi connectivity index (χ1n) is 3.44. The average Bonchev–Trinajstić information content (AvgIpc) is 2.34. The maximum Gasteiger partial charge on any atom is 0.146 e. The number of hydrogen-bond donors (Lipinski definition) is 1. The Balaban J connectivity index is 2.74. The molecule has 3 nitrogen and oxygen atoms in total. The molecule has 0 amide bonds. The Morgan fingerprint density at radius 3 is 2.90 bits per heavy atom. The zero-order valence-electron chi connectivity index (χ0n) is 6.28. The summed E-state index contributed by atoms with van der Waals surface area (Å²) in [6.07, 6.45) is 2.01. The number of nitrogens with zero attached hydrogens (tertiary/aromatic N) is 2. The maximum absolute atomic E-state index is 9.24. The second kappa shape index (κ2) is 2.84. The van der Waals surface area contributed by atoms with E-state index in [-0.39, 0.29) is 0 Å². The Hall–Kier alpha value is -0.830. The van der Waals surface area contributed by atoms with Crippen molar-refractivity contribution in [1.29, 1.82) is 0 Å². The van der Waals surface area contributed by atoms with Crippen LogP contribution in [-0.4, -0.2) is 14.9 Å². The topological polar surface area (TPSA) is 38.0 Å². The van der Waals surface area contributed by atoms with Gasteiger partial charge in [-0.15, -0.1) is 0 Å². The predicted octanol–water partition coefficient (Wildman–Crippen LogP) is 1.09. The fourth-order valence-corrected chi connectivity index (χ4v) is 0.786. The second-order valence-corrected chi connectivity index (χ2v) is 2.33. The van der Waals surface area contributed by atoms with Crippen LogP contribution in [0.2, 0.25) is 0 Å². The number of rotatable bonds is 2. The number of aryl methyl sites for hydroxylation is 1. The van der Waals surface area contributed by atoms with Gasteiger partial charge in [-0.2, -0.15) is 5.10 Å². The SMILES string of the molecule is CCC(O)n1ccc(C)n1. The Morgan fingerprint density at radius 1 is 1.80 bits per heavy atom. The van der Waals surface area contributed by atoms with Gasteiger partial charge in [0.25, 0.3) is 0 Å². The summed E-state index contributed by atoms with van der Waals surface area (Å²) in [6.45, 7) is 3.82. The maximum atomic E-state index is 9.24. The molecule has 3 heteroatoms. The largest absolute Gasteiger partial charge is 0.372 e. The fraction of sp³-hybridized carbons (Fsp3) is 0.571. The number of hydrogen-bond acceptors (Lipinski definition) is 2. The first-order valence-corrected chi connectivity index (χ1v) is 3.44. The van der Waals surface area contributed by atoms with Gasteiger partial charge >= 0.3 is 0 Å². The van der Waals surface area contributed by atoms with Gasteiger partial charge in [-0.3, -0.25) is 0 Å². The summed E-state index contributed by atoms with van der Waals surface area (Å²) in [5.74, 6) is 0. The molecule has 1 rings (SSSR count). The number of aliphatic hydroxyl groups excluding tert-OH is 1. The summed E-state index contributed by atoms with van der Waals surface area (Å²) >= 11 is 0. The van der Waals surface area contributed by atoms with Gasteiger partial charge in [0.1, 0.15) is 6.23 Å². The highest BCUT2D eigenvalue weighted by atomic mass is 16.3. The summed E-state index contributed by atoms with van der Waals surface area (Å²) in [5.41, 5.74) is 0.938. The second-order valence-electron chi connectivity index (χ2n) is 2.33. The molecule has 0 radical (unpaired) electrons. The number of aromatic nitrogens is 2. The minimum Gasteiger partial charge on any atom is -0.372 e. The first kappa shape index (κ1) is 7.28. The third kappa shape index (κ3) is 1.36. The highest BCUT2D eigenvalue weighted by Gasteiger charge is 2.02. The van der Waals surface area contributed by atoms with Crippen LogP contribution in [0.1, 0.15) is 25.3 Å². The van der Waals surface area contributed by atoms with Crippen molar-refractivity contribution in [2.75, 3.05) is 0 Å². The molecule has 0 bridgehead atoms. The highest BCUT2D eigenvalue weighted by molar-refractivity contribution is 4.95. The van der Waals surface area contributed by atoms with E-state index >= 15 is 0 Å². The molecule has 0 spiro atoms. The summed E-state index contributed by atoms with van der Waals surface area (Å²) in [5, 5.41) is 13.3. The van der Waals surface area contributed by atoms with Gasteiger partial charge in [0.15, 0.2) is 0 Å². The van der Waals surface area contributed by atoms with Crippen molar-refractivity contribution in [2.45, 2.75) is 26.5 Å². The van der Waals surface area contributed by atoms with Gasteiger partial charge in [0, 0.05) is 6.20 Å². The molecule has 1 aromatic heterocycles. The fourth-order valence-electron chi connectivity index (χ4n) is 0.786. The third-order valence-electron chi connectivity index (χ3n) is 1.41. The van der Waals surface area contributed by atoms with Crippen LogP contribution >= 0.6 is 0 Å². The minimum absolute atomic E-state index is 0.464. The zero-order chi connectivity index (χ0) is 7.56. The summed E-state index contributed by atoms with van der Waals surface area (Å²) < 4.78 is 1.56. The van der Waals surface area contributed by atoms with Gasteiger partial charge < -0.3 is 5.11 Å². The van der Waals surface area contributed by atoms with E-state index < -0.39 is 6.23 Å². The Labute approximate surface area is 60.3 Å². The molecule has 1 atom stereocenters. The molecule has 1 heterocycles. The summed E-state index contributed by atoms with van der Waals surface area (Å²) in [7, 11) is 0. The van der Waals surface area contributed by atoms with Crippen LogP contribution in [0.5, 0.6) is 0 Å². The first-order chi connectivity index (χ1) is 4.74. The highest BCUT2D eigenvalue weighted by Crippen LogP contribution is 2.05. The molecule has 0 aliphatic rings. The monoisotopic (exact) mass is 140 g/mol. The van der Waals surface area contributed by atoms with Crippen molar-refractivity contribution < 1.29 is 5.11 Å². The van der Waals surface area contributed by atoms with E-state index in [0.717, 1.165) is 5.69 Å². The minimum atomic E-state index is -0.464. The number of aliphatic hydroxyl groups is 1. The lowest BCUT2D eigenvalue weighted by molar-refractivity contribution is 0.0864. The van der Waals surface area contributed by atoms with E-state index in [0.29, 0.717) is 6.42 Å². The van der Waals surface area contributed by atoms with Gasteiger partial charge in [-0.25, -0.2) is 4.68 Å². The van der Waals surface area contributed by atoms with E-state index in [1.54, 1.807) is 10.9 Å². The molecular formula is C7H12N2O. The van der Waals surface area contributed by atoms with Crippen LogP contribution in [0.15, 0.2) is 12.3 Å². The molecule has 56 valence electrons. The van der Waals surface area contributed by atoms with Crippen LogP contribution in [-0.2, 0) is 0 Å². The quantitative estimate of drug-likeness (QED) is 0.667. The van der Waals surface area contributed by atoms with Crippen molar-refractivity contribution in [2.24, 2.45) is 0 Å². The van der Waals surface area contributed by atoms with Crippen LogP contribution < -0.4 is 0 Å². The molecule has 0 fully saturated rings. The van der Waals surface area contributed by atoms with Crippen LogP contribution in [0.4, 0.5) is 0 Å². The molecule has 1 aromatic rings. The molecule has 1 N–H and O–H groups in total. The molecule has 1 unspecified atom stereocenters. The van der Waals surface area contributed by atoms with Crippen molar-refractivity contribution >= 4 is 0 Å². The lowest BCUT2D eigenvalue weighted by atomic mass is 10.4. The third-order valence-corrected chi connectivity index (χ3v) is 1.41. The van der Waals surface area contributed by atoms with E-state index in [1.807, 2.05) is 19.9 Å². The molecule has 10 heavy (non-hydrogen) atoms. The van der Waals surface area contributed by atoms with Gasteiger partial charge in [0.05, 0.1) is 5.69 Å². The average molecular weight is 140 g/mol. The van der Waals surface area contributed by atoms with E-state index in [2.05, 4.69) is 5.10 Å².